The molecule has 1 atom stereocenters. The van der Waals surface area contributed by atoms with Gasteiger partial charge in [0, 0.05) is 32.6 Å². The predicted octanol–water partition coefficient (Wildman–Crippen LogP) is 3.45. The first-order chi connectivity index (χ1) is 13.0. The molecule has 1 aliphatic carbocycles. The molecule has 1 heterocycles. The molecule has 0 spiro atoms. The zero-order chi connectivity index (χ0) is 19.2. The fourth-order valence-electron chi connectivity index (χ4n) is 4.25. The van der Waals surface area contributed by atoms with Gasteiger partial charge in [-0.3, -0.25) is 9.59 Å². The van der Waals surface area contributed by atoms with E-state index in [1.807, 2.05) is 36.1 Å². The van der Waals surface area contributed by atoms with Gasteiger partial charge in [0.15, 0.2) is 0 Å². The Kier molecular flexibility index (Phi) is 8.77. The lowest BCUT2D eigenvalue weighted by molar-refractivity contribution is -0.140. The highest BCUT2D eigenvalue weighted by Gasteiger charge is 2.28. The van der Waals surface area contributed by atoms with Crippen molar-refractivity contribution in [3.63, 3.8) is 0 Å². The third-order valence-electron chi connectivity index (χ3n) is 6.14. The molecule has 0 bridgehead atoms. The summed E-state index contributed by atoms with van der Waals surface area (Å²) in [4.78, 5) is 28.9. The quantitative estimate of drug-likeness (QED) is 0.812. The van der Waals surface area contributed by atoms with Gasteiger partial charge in [0.25, 0.3) is 0 Å². The molecule has 5 nitrogen and oxygen atoms in total. The van der Waals surface area contributed by atoms with Crippen LogP contribution in [0.25, 0.3) is 0 Å². The Hall–Kier alpha value is -1.59. The summed E-state index contributed by atoms with van der Waals surface area (Å²) in [7, 11) is 0. The summed E-state index contributed by atoms with van der Waals surface area (Å²) in [5, 5.41) is 0. The summed E-state index contributed by atoms with van der Waals surface area (Å²) in [6.45, 7) is 4.41. The van der Waals surface area contributed by atoms with Crippen LogP contribution in [0.3, 0.4) is 0 Å². The van der Waals surface area contributed by atoms with Crippen LogP contribution in [0.2, 0.25) is 0 Å². The lowest BCUT2D eigenvalue weighted by atomic mass is 9.86. The summed E-state index contributed by atoms with van der Waals surface area (Å²) in [5.74, 6) is 0.932. The average molecular weight is 408 g/mol. The lowest BCUT2D eigenvalue weighted by Gasteiger charge is -2.36. The van der Waals surface area contributed by atoms with E-state index < -0.39 is 6.04 Å². The number of hydrogen-bond acceptors (Lipinski definition) is 3. The molecule has 0 aromatic heterocycles. The number of rotatable bonds is 5. The van der Waals surface area contributed by atoms with Crippen molar-refractivity contribution < 1.29 is 9.59 Å². The van der Waals surface area contributed by atoms with Crippen molar-refractivity contribution >= 4 is 24.2 Å². The molecule has 1 aromatic carbocycles. The van der Waals surface area contributed by atoms with Crippen LogP contribution in [0.1, 0.15) is 62.1 Å². The highest BCUT2D eigenvalue weighted by Crippen LogP contribution is 2.27. The van der Waals surface area contributed by atoms with Gasteiger partial charge in [-0.1, -0.05) is 61.9 Å². The third kappa shape index (κ3) is 5.95. The van der Waals surface area contributed by atoms with Crippen LogP contribution in [0, 0.1) is 12.8 Å². The molecule has 3 rings (SSSR count). The Bertz CT molecular complexity index is 636. The summed E-state index contributed by atoms with van der Waals surface area (Å²) < 4.78 is 0. The van der Waals surface area contributed by atoms with Crippen LogP contribution in [-0.2, 0) is 9.59 Å². The lowest BCUT2D eigenvalue weighted by Crippen LogP contribution is -2.52. The second-order valence-corrected chi connectivity index (χ2v) is 8.14. The van der Waals surface area contributed by atoms with Crippen molar-refractivity contribution in [2.75, 3.05) is 26.2 Å². The van der Waals surface area contributed by atoms with Crippen LogP contribution in [0.15, 0.2) is 24.3 Å². The Balaban J connectivity index is 0.00000280. The zero-order valence-corrected chi connectivity index (χ0v) is 17.8. The van der Waals surface area contributed by atoms with Gasteiger partial charge in [0.2, 0.25) is 11.8 Å². The number of piperazine rings is 1. The number of benzene rings is 1. The maximum atomic E-state index is 12.7. The van der Waals surface area contributed by atoms with Crippen molar-refractivity contribution in [3.8, 4) is 0 Å². The normalized spacial score (nSPS) is 19.1. The molecule has 0 radical (unpaired) electrons. The number of aryl methyl sites for hydroxylation is 1. The Morgan fingerprint density at radius 3 is 2.18 bits per heavy atom. The average Bonchev–Trinajstić information content (AvgIpc) is 2.72. The van der Waals surface area contributed by atoms with E-state index in [9.17, 15) is 9.59 Å². The molecule has 1 unspecified atom stereocenters. The van der Waals surface area contributed by atoms with Crippen molar-refractivity contribution in [3.05, 3.63) is 35.4 Å². The second-order valence-electron chi connectivity index (χ2n) is 8.14. The number of nitrogens with two attached hydrogens (primary N) is 1. The molecule has 1 saturated carbocycles. The second kappa shape index (κ2) is 10.8. The molecule has 6 heteroatoms. The SMILES string of the molecule is Cc1ccc(C(N)C(=O)N2CCN(C(=O)CCC3CCCCC3)CC2)cc1.Cl. The van der Waals surface area contributed by atoms with Crippen molar-refractivity contribution in [1.29, 1.82) is 0 Å². The molecule has 2 amide bonds. The number of amides is 2. The standard InChI is InChI=1S/C22H33N3O2.ClH/c1-17-7-10-19(11-8-17)21(23)22(27)25-15-13-24(14-16-25)20(26)12-9-18-5-3-2-4-6-18;/h7-8,10-11,18,21H,2-6,9,12-16,23H2,1H3;1H. The highest BCUT2D eigenvalue weighted by molar-refractivity contribution is 5.85. The van der Waals surface area contributed by atoms with Crippen molar-refractivity contribution in [2.24, 2.45) is 11.7 Å². The van der Waals surface area contributed by atoms with Crippen LogP contribution in [0.5, 0.6) is 0 Å². The van der Waals surface area contributed by atoms with Crippen LogP contribution >= 0.6 is 12.4 Å². The Labute approximate surface area is 175 Å². The van der Waals surface area contributed by atoms with Gasteiger partial charge in [0.1, 0.15) is 6.04 Å². The third-order valence-corrected chi connectivity index (χ3v) is 6.14. The minimum absolute atomic E-state index is 0. The summed E-state index contributed by atoms with van der Waals surface area (Å²) in [6, 6.07) is 7.17. The van der Waals surface area contributed by atoms with E-state index in [1.165, 1.54) is 32.1 Å². The van der Waals surface area contributed by atoms with Gasteiger partial charge in [-0.15, -0.1) is 12.4 Å². The zero-order valence-electron chi connectivity index (χ0n) is 16.9. The molecule has 1 aromatic rings. The Morgan fingerprint density at radius 2 is 1.57 bits per heavy atom. The van der Waals surface area contributed by atoms with E-state index in [-0.39, 0.29) is 24.2 Å². The predicted molar refractivity (Wildman–Crippen MR) is 114 cm³/mol. The summed E-state index contributed by atoms with van der Waals surface area (Å²) >= 11 is 0. The first-order valence-corrected chi connectivity index (χ1v) is 10.4. The molecule has 2 aliphatic rings. The molecule has 1 aliphatic heterocycles. The van der Waals surface area contributed by atoms with E-state index >= 15 is 0 Å². The van der Waals surface area contributed by atoms with E-state index in [2.05, 4.69) is 0 Å². The summed E-state index contributed by atoms with van der Waals surface area (Å²) in [5.41, 5.74) is 8.17. The van der Waals surface area contributed by atoms with Crippen molar-refractivity contribution in [2.45, 2.75) is 57.9 Å². The molecule has 2 N–H and O–H groups in total. The molecule has 156 valence electrons. The fourth-order valence-corrected chi connectivity index (χ4v) is 4.25. The summed E-state index contributed by atoms with van der Waals surface area (Å²) in [6.07, 6.45) is 8.24. The van der Waals surface area contributed by atoms with Gasteiger partial charge in [-0.25, -0.2) is 0 Å². The number of halogens is 1. The van der Waals surface area contributed by atoms with Crippen LogP contribution in [0.4, 0.5) is 0 Å². The molecule has 1 saturated heterocycles. The van der Waals surface area contributed by atoms with E-state index in [1.54, 1.807) is 4.90 Å². The molecular weight excluding hydrogens is 374 g/mol. The fraction of sp³-hybridized carbons (Fsp3) is 0.636. The highest BCUT2D eigenvalue weighted by atomic mass is 35.5. The van der Waals surface area contributed by atoms with Gasteiger partial charge in [-0.2, -0.15) is 0 Å². The first kappa shape index (κ1) is 22.7. The Morgan fingerprint density at radius 1 is 1.00 bits per heavy atom. The monoisotopic (exact) mass is 407 g/mol. The number of carbonyl (C=O) groups excluding carboxylic acids is 2. The maximum Gasteiger partial charge on any atom is 0.244 e. The number of carbonyl (C=O) groups is 2. The maximum absolute atomic E-state index is 12.7. The van der Waals surface area contributed by atoms with E-state index in [0.717, 1.165) is 23.5 Å². The van der Waals surface area contributed by atoms with Gasteiger partial charge >= 0.3 is 0 Å². The topological polar surface area (TPSA) is 66.6 Å². The minimum atomic E-state index is -0.626. The minimum Gasteiger partial charge on any atom is -0.339 e. The molecule has 2 fully saturated rings. The van der Waals surface area contributed by atoms with Crippen LogP contribution < -0.4 is 5.73 Å². The van der Waals surface area contributed by atoms with Gasteiger partial charge in [0.05, 0.1) is 0 Å². The van der Waals surface area contributed by atoms with Crippen molar-refractivity contribution in [1.82, 2.24) is 9.80 Å². The van der Waals surface area contributed by atoms with Gasteiger partial charge < -0.3 is 15.5 Å². The van der Waals surface area contributed by atoms with E-state index in [0.29, 0.717) is 32.6 Å². The molecule has 28 heavy (non-hydrogen) atoms. The van der Waals surface area contributed by atoms with E-state index in [4.69, 9.17) is 5.73 Å². The largest absolute Gasteiger partial charge is 0.339 e. The first-order valence-electron chi connectivity index (χ1n) is 10.4. The molecular formula is C22H34ClN3O2. The van der Waals surface area contributed by atoms with Gasteiger partial charge in [-0.05, 0) is 24.8 Å². The number of hydrogen-bond donors (Lipinski definition) is 1. The smallest absolute Gasteiger partial charge is 0.244 e. The number of nitrogens with zero attached hydrogens (tertiary/aromatic N) is 2. The van der Waals surface area contributed by atoms with Crippen LogP contribution in [-0.4, -0.2) is 47.8 Å².